The van der Waals surface area contributed by atoms with Crippen molar-refractivity contribution in [1.29, 1.82) is 0 Å². The number of amides is 1. The third-order valence-electron chi connectivity index (χ3n) is 4.58. The molecular weight excluding hydrogens is 226 g/mol. The summed E-state index contributed by atoms with van der Waals surface area (Å²) < 4.78 is 0. The van der Waals surface area contributed by atoms with Gasteiger partial charge in [0, 0.05) is 32.1 Å². The second-order valence-electron chi connectivity index (χ2n) is 6.23. The molecule has 4 nitrogen and oxygen atoms in total. The molecule has 104 valence electrons. The van der Waals surface area contributed by atoms with Gasteiger partial charge in [0.2, 0.25) is 5.91 Å². The van der Waals surface area contributed by atoms with E-state index in [2.05, 4.69) is 30.7 Å². The van der Waals surface area contributed by atoms with Gasteiger partial charge < -0.3 is 9.80 Å². The van der Waals surface area contributed by atoms with E-state index >= 15 is 0 Å². The van der Waals surface area contributed by atoms with E-state index < -0.39 is 0 Å². The minimum Gasteiger partial charge on any atom is -0.340 e. The molecule has 0 radical (unpaired) electrons. The zero-order chi connectivity index (χ0) is 13.3. The Morgan fingerprint density at radius 3 is 2.28 bits per heavy atom. The molecule has 2 rings (SSSR count). The average molecular weight is 253 g/mol. The Hall–Kier alpha value is -0.610. The molecule has 0 N–H and O–H groups in total. The standard InChI is InChI=1S/C14H27N3O/c1-11(2)17-9-13(10-17)16(4)14(18)12-5-7-15(3)8-6-12/h11-13H,5-10H2,1-4H3. The summed E-state index contributed by atoms with van der Waals surface area (Å²) in [6.07, 6.45) is 2.06. The molecule has 0 bridgehead atoms. The van der Waals surface area contributed by atoms with Gasteiger partial charge >= 0.3 is 0 Å². The van der Waals surface area contributed by atoms with Crippen LogP contribution in [0.15, 0.2) is 0 Å². The lowest BCUT2D eigenvalue weighted by Gasteiger charge is -2.47. The van der Waals surface area contributed by atoms with Crippen LogP contribution in [-0.4, -0.2) is 73.0 Å². The maximum atomic E-state index is 12.4. The number of hydrogen-bond acceptors (Lipinski definition) is 3. The molecule has 2 fully saturated rings. The minimum absolute atomic E-state index is 0.263. The van der Waals surface area contributed by atoms with Crippen molar-refractivity contribution in [3.63, 3.8) is 0 Å². The number of rotatable bonds is 3. The van der Waals surface area contributed by atoms with Crippen molar-refractivity contribution < 1.29 is 4.79 Å². The number of piperidine rings is 1. The molecule has 18 heavy (non-hydrogen) atoms. The van der Waals surface area contributed by atoms with E-state index in [4.69, 9.17) is 0 Å². The molecule has 0 aliphatic carbocycles. The Morgan fingerprint density at radius 2 is 1.78 bits per heavy atom. The minimum atomic E-state index is 0.263. The van der Waals surface area contributed by atoms with Crippen LogP contribution in [-0.2, 0) is 4.79 Å². The molecule has 0 unspecified atom stereocenters. The summed E-state index contributed by atoms with van der Waals surface area (Å²) >= 11 is 0. The van der Waals surface area contributed by atoms with Crippen molar-refractivity contribution in [3.8, 4) is 0 Å². The third-order valence-corrected chi connectivity index (χ3v) is 4.58. The van der Waals surface area contributed by atoms with Gasteiger partial charge in [-0.05, 0) is 46.8 Å². The zero-order valence-electron chi connectivity index (χ0n) is 12.2. The van der Waals surface area contributed by atoms with E-state index in [0.717, 1.165) is 39.0 Å². The van der Waals surface area contributed by atoms with Gasteiger partial charge in [-0.2, -0.15) is 0 Å². The SMILES string of the molecule is CC(C)N1CC(N(C)C(=O)C2CCN(C)CC2)C1. The molecule has 2 heterocycles. The van der Waals surface area contributed by atoms with Crippen molar-refractivity contribution >= 4 is 5.91 Å². The normalized spacial score (nSPS) is 24.3. The molecule has 4 heteroatoms. The monoisotopic (exact) mass is 253 g/mol. The van der Waals surface area contributed by atoms with Crippen LogP contribution in [0, 0.1) is 5.92 Å². The maximum absolute atomic E-state index is 12.4. The van der Waals surface area contributed by atoms with Crippen molar-refractivity contribution in [2.75, 3.05) is 40.3 Å². The predicted octanol–water partition coefficient (Wildman–Crippen LogP) is 0.879. The largest absolute Gasteiger partial charge is 0.340 e. The lowest BCUT2D eigenvalue weighted by Crippen LogP contribution is -2.62. The Morgan fingerprint density at radius 1 is 1.22 bits per heavy atom. The lowest BCUT2D eigenvalue weighted by molar-refractivity contribution is -0.141. The van der Waals surface area contributed by atoms with E-state index in [1.807, 2.05) is 11.9 Å². The summed E-state index contributed by atoms with van der Waals surface area (Å²) in [4.78, 5) is 19.1. The van der Waals surface area contributed by atoms with Crippen LogP contribution < -0.4 is 0 Å². The first-order valence-corrected chi connectivity index (χ1v) is 7.18. The Bertz CT molecular complexity index is 291. The van der Waals surface area contributed by atoms with Crippen LogP contribution in [0.1, 0.15) is 26.7 Å². The number of hydrogen-bond donors (Lipinski definition) is 0. The lowest BCUT2D eigenvalue weighted by atomic mass is 9.94. The van der Waals surface area contributed by atoms with Gasteiger partial charge in [-0.15, -0.1) is 0 Å². The van der Waals surface area contributed by atoms with E-state index in [1.165, 1.54) is 0 Å². The van der Waals surface area contributed by atoms with Crippen molar-refractivity contribution in [2.45, 2.75) is 38.8 Å². The summed E-state index contributed by atoms with van der Waals surface area (Å²) in [6, 6.07) is 1.05. The summed E-state index contributed by atoms with van der Waals surface area (Å²) in [5.74, 6) is 0.635. The van der Waals surface area contributed by atoms with Gasteiger partial charge in [-0.3, -0.25) is 9.69 Å². The fourth-order valence-corrected chi connectivity index (χ4v) is 2.88. The molecule has 1 amide bonds. The Labute approximate surface area is 111 Å². The topological polar surface area (TPSA) is 26.8 Å². The van der Waals surface area contributed by atoms with Crippen molar-refractivity contribution in [1.82, 2.24) is 14.7 Å². The van der Waals surface area contributed by atoms with E-state index in [9.17, 15) is 4.79 Å². The highest BCUT2D eigenvalue weighted by molar-refractivity contribution is 5.79. The average Bonchev–Trinajstić information content (AvgIpc) is 2.26. The van der Waals surface area contributed by atoms with Crippen LogP contribution in [0.25, 0.3) is 0 Å². The van der Waals surface area contributed by atoms with E-state index in [-0.39, 0.29) is 5.92 Å². The predicted molar refractivity (Wildman–Crippen MR) is 73.5 cm³/mol. The van der Waals surface area contributed by atoms with Crippen LogP contribution in [0.4, 0.5) is 0 Å². The molecule has 0 aromatic heterocycles. The van der Waals surface area contributed by atoms with Crippen LogP contribution >= 0.6 is 0 Å². The van der Waals surface area contributed by atoms with Crippen LogP contribution in [0.5, 0.6) is 0 Å². The molecule has 2 saturated heterocycles. The smallest absolute Gasteiger partial charge is 0.225 e. The van der Waals surface area contributed by atoms with Gasteiger partial charge in [-0.1, -0.05) is 0 Å². The van der Waals surface area contributed by atoms with Crippen LogP contribution in [0.3, 0.4) is 0 Å². The molecule has 0 spiro atoms. The number of likely N-dealkylation sites (N-methyl/N-ethyl adjacent to an activating group) is 1. The van der Waals surface area contributed by atoms with Gasteiger partial charge in [0.1, 0.15) is 0 Å². The molecule has 0 saturated carbocycles. The number of carbonyl (C=O) groups excluding carboxylic acids is 1. The summed E-state index contributed by atoms with van der Waals surface area (Å²) in [7, 11) is 4.12. The summed E-state index contributed by atoms with van der Waals surface area (Å²) in [5.41, 5.74) is 0. The van der Waals surface area contributed by atoms with Gasteiger partial charge in [-0.25, -0.2) is 0 Å². The second-order valence-corrected chi connectivity index (χ2v) is 6.23. The maximum Gasteiger partial charge on any atom is 0.225 e. The quantitative estimate of drug-likeness (QED) is 0.747. The number of nitrogens with zero attached hydrogens (tertiary/aromatic N) is 3. The highest BCUT2D eigenvalue weighted by Gasteiger charge is 2.36. The van der Waals surface area contributed by atoms with Gasteiger partial charge in [0.05, 0.1) is 6.04 Å². The Kier molecular flexibility index (Phi) is 4.28. The fourth-order valence-electron chi connectivity index (χ4n) is 2.88. The Balaban J connectivity index is 1.79. The summed E-state index contributed by atoms with van der Waals surface area (Å²) in [5, 5.41) is 0. The highest BCUT2D eigenvalue weighted by Crippen LogP contribution is 2.22. The molecule has 2 aliphatic heterocycles. The first-order valence-electron chi connectivity index (χ1n) is 7.18. The van der Waals surface area contributed by atoms with E-state index in [1.54, 1.807) is 0 Å². The number of likely N-dealkylation sites (tertiary alicyclic amines) is 2. The van der Waals surface area contributed by atoms with Crippen molar-refractivity contribution in [2.24, 2.45) is 5.92 Å². The first-order chi connectivity index (χ1) is 8.49. The number of carbonyl (C=O) groups is 1. The van der Waals surface area contributed by atoms with Gasteiger partial charge in [0.15, 0.2) is 0 Å². The molecule has 0 aromatic rings. The first kappa shape index (κ1) is 13.8. The summed E-state index contributed by atoms with van der Waals surface area (Å²) in [6.45, 7) is 8.66. The van der Waals surface area contributed by atoms with Crippen LogP contribution in [0.2, 0.25) is 0 Å². The third kappa shape index (κ3) is 2.86. The molecule has 0 aromatic carbocycles. The highest BCUT2D eigenvalue weighted by atomic mass is 16.2. The van der Waals surface area contributed by atoms with Gasteiger partial charge in [0.25, 0.3) is 0 Å². The van der Waals surface area contributed by atoms with Crippen molar-refractivity contribution in [3.05, 3.63) is 0 Å². The fraction of sp³-hybridized carbons (Fsp3) is 0.929. The molecule has 2 aliphatic rings. The zero-order valence-corrected chi connectivity index (χ0v) is 12.2. The molecule has 0 atom stereocenters. The van der Waals surface area contributed by atoms with E-state index in [0.29, 0.717) is 18.0 Å². The molecular formula is C14H27N3O. The second kappa shape index (κ2) is 5.57.